The zero-order valence-electron chi connectivity index (χ0n) is 9.75. The van der Waals surface area contributed by atoms with E-state index in [0.29, 0.717) is 25.7 Å². The molecule has 1 rings (SSSR count). The van der Waals surface area contributed by atoms with Crippen LogP contribution in [-0.2, 0) is 4.79 Å². The molecular formula is C12H22O3. The molecule has 0 radical (unpaired) electrons. The number of carbonyl (C=O) groups is 1. The molecule has 3 nitrogen and oxygen atoms in total. The predicted molar refractivity (Wildman–Crippen MR) is 58.7 cm³/mol. The van der Waals surface area contributed by atoms with Gasteiger partial charge in [0, 0.05) is 0 Å². The Morgan fingerprint density at radius 1 is 1.20 bits per heavy atom. The normalized spacial score (nSPS) is 21.3. The molecule has 0 unspecified atom stereocenters. The largest absolute Gasteiger partial charge is 0.481 e. The van der Waals surface area contributed by atoms with Crippen molar-refractivity contribution in [1.82, 2.24) is 0 Å². The van der Waals surface area contributed by atoms with Crippen molar-refractivity contribution in [2.45, 2.75) is 64.4 Å². The smallest absolute Gasteiger partial charge is 0.312 e. The van der Waals surface area contributed by atoms with E-state index in [4.69, 9.17) is 0 Å². The molecule has 0 bridgehead atoms. The average molecular weight is 214 g/mol. The highest BCUT2D eigenvalue weighted by Gasteiger charge is 2.53. The lowest BCUT2D eigenvalue weighted by Gasteiger charge is -2.46. The summed E-state index contributed by atoms with van der Waals surface area (Å²) in [5.41, 5.74) is -1.92. The molecule has 0 aromatic rings. The summed E-state index contributed by atoms with van der Waals surface area (Å²) < 4.78 is 0. The fourth-order valence-corrected chi connectivity index (χ4v) is 2.96. The Balaban J connectivity index is 3.03. The van der Waals surface area contributed by atoms with Crippen molar-refractivity contribution in [3.8, 4) is 0 Å². The van der Waals surface area contributed by atoms with E-state index in [9.17, 15) is 15.0 Å². The number of carboxylic acids is 1. The maximum absolute atomic E-state index is 11.5. The highest BCUT2D eigenvalue weighted by Crippen LogP contribution is 2.48. The minimum absolute atomic E-state index is 0.524. The Kier molecular flexibility index (Phi) is 3.77. The Labute approximate surface area is 91.5 Å². The summed E-state index contributed by atoms with van der Waals surface area (Å²) in [4.78, 5) is 11.5. The van der Waals surface area contributed by atoms with Gasteiger partial charge in [-0.05, 0) is 25.7 Å². The second-order valence-electron chi connectivity index (χ2n) is 4.69. The maximum atomic E-state index is 11.5. The molecular weight excluding hydrogens is 192 g/mol. The third kappa shape index (κ3) is 1.89. The standard InChI is InChI=1S/C12H22O3/c1-3-12(15,4-2)11(10(13)14)8-6-5-7-9-11/h15H,3-9H2,1-2H3,(H,13,14). The molecule has 1 aliphatic carbocycles. The zero-order valence-corrected chi connectivity index (χ0v) is 9.75. The van der Waals surface area contributed by atoms with E-state index in [-0.39, 0.29) is 0 Å². The second kappa shape index (κ2) is 4.52. The van der Waals surface area contributed by atoms with Crippen LogP contribution >= 0.6 is 0 Å². The predicted octanol–water partition coefficient (Wildman–Crippen LogP) is 2.57. The van der Waals surface area contributed by atoms with E-state index in [2.05, 4.69) is 0 Å². The van der Waals surface area contributed by atoms with Gasteiger partial charge < -0.3 is 10.2 Å². The molecule has 2 N–H and O–H groups in total. The summed E-state index contributed by atoms with van der Waals surface area (Å²) in [6.45, 7) is 3.76. The van der Waals surface area contributed by atoms with Crippen LogP contribution in [0.2, 0.25) is 0 Å². The van der Waals surface area contributed by atoms with E-state index in [1.807, 2.05) is 13.8 Å². The van der Waals surface area contributed by atoms with Crippen LogP contribution in [0.4, 0.5) is 0 Å². The molecule has 88 valence electrons. The Bertz CT molecular complexity index is 225. The molecule has 3 heteroatoms. The first-order valence-corrected chi connectivity index (χ1v) is 5.98. The molecule has 0 amide bonds. The lowest BCUT2D eigenvalue weighted by atomic mass is 9.61. The highest BCUT2D eigenvalue weighted by molar-refractivity contribution is 5.76. The van der Waals surface area contributed by atoms with Crippen LogP contribution in [0.15, 0.2) is 0 Å². The van der Waals surface area contributed by atoms with Gasteiger partial charge in [0.25, 0.3) is 0 Å². The maximum Gasteiger partial charge on any atom is 0.312 e. The van der Waals surface area contributed by atoms with Crippen LogP contribution in [0.1, 0.15) is 58.8 Å². The van der Waals surface area contributed by atoms with Crippen molar-refractivity contribution in [2.75, 3.05) is 0 Å². The van der Waals surface area contributed by atoms with E-state index >= 15 is 0 Å². The van der Waals surface area contributed by atoms with Crippen LogP contribution < -0.4 is 0 Å². The van der Waals surface area contributed by atoms with Crippen molar-refractivity contribution in [3.63, 3.8) is 0 Å². The molecule has 0 aliphatic heterocycles. The number of hydrogen-bond donors (Lipinski definition) is 2. The first kappa shape index (κ1) is 12.5. The Hall–Kier alpha value is -0.570. The summed E-state index contributed by atoms with van der Waals surface area (Å²) in [6.07, 6.45) is 5.24. The number of rotatable bonds is 4. The number of aliphatic carboxylic acids is 1. The number of aliphatic hydroxyl groups is 1. The van der Waals surface area contributed by atoms with Crippen LogP contribution in [-0.4, -0.2) is 21.8 Å². The summed E-state index contributed by atoms with van der Waals surface area (Å²) in [5.74, 6) is -0.812. The summed E-state index contributed by atoms with van der Waals surface area (Å²) >= 11 is 0. The zero-order chi connectivity index (χ0) is 11.5. The molecule has 0 aromatic heterocycles. The minimum Gasteiger partial charge on any atom is -0.481 e. The molecule has 1 aliphatic rings. The van der Waals surface area contributed by atoms with Gasteiger partial charge in [0.2, 0.25) is 0 Å². The van der Waals surface area contributed by atoms with Crippen molar-refractivity contribution in [3.05, 3.63) is 0 Å². The van der Waals surface area contributed by atoms with E-state index < -0.39 is 17.0 Å². The van der Waals surface area contributed by atoms with Gasteiger partial charge >= 0.3 is 5.97 Å². The highest BCUT2D eigenvalue weighted by atomic mass is 16.4. The summed E-state index contributed by atoms with van der Waals surface area (Å²) in [7, 11) is 0. The van der Waals surface area contributed by atoms with Gasteiger partial charge in [0.05, 0.1) is 11.0 Å². The molecule has 1 saturated carbocycles. The fourth-order valence-electron chi connectivity index (χ4n) is 2.96. The first-order valence-electron chi connectivity index (χ1n) is 5.98. The van der Waals surface area contributed by atoms with E-state index in [1.165, 1.54) is 0 Å². The molecule has 1 fully saturated rings. The van der Waals surface area contributed by atoms with Gasteiger partial charge in [-0.2, -0.15) is 0 Å². The van der Waals surface area contributed by atoms with E-state index in [1.54, 1.807) is 0 Å². The second-order valence-corrected chi connectivity index (χ2v) is 4.69. The monoisotopic (exact) mass is 214 g/mol. The summed E-state index contributed by atoms with van der Waals surface area (Å²) in [6, 6.07) is 0. The topological polar surface area (TPSA) is 57.5 Å². The van der Waals surface area contributed by atoms with Crippen LogP contribution in [0.25, 0.3) is 0 Å². The van der Waals surface area contributed by atoms with Gasteiger partial charge in [-0.3, -0.25) is 4.79 Å². The lowest BCUT2D eigenvalue weighted by Crippen LogP contribution is -2.53. The van der Waals surface area contributed by atoms with Gasteiger partial charge in [-0.15, -0.1) is 0 Å². The molecule has 0 saturated heterocycles. The van der Waals surface area contributed by atoms with Crippen molar-refractivity contribution >= 4 is 5.97 Å². The first-order chi connectivity index (χ1) is 7.02. The molecule has 0 heterocycles. The molecule has 0 aromatic carbocycles. The van der Waals surface area contributed by atoms with Crippen LogP contribution in [0, 0.1) is 5.41 Å². The number of carboxylic acid groups (broad SMARTS) is 1. The number of hydrogen-bond acceptors (Lipinski definition) is 2. The van der Waals surface area contributed by atoms with Crippen molar-refractivity contribution in [1.29, 1.82) is 0 Å². The van der Waals surface area contributed by atoms with E-state index in [0.717, 1.165) is 19.3 Å². The Morgan fingerprint density at radius 2 is 1.67 bits per heavy atom. The molecule has 15 heavy (non-hydrogen) atoms. The molecule has 0 atom stereocenters. The third-order valence-corrected chi connectivity index (χ3v) is 4.18. The van der Waals surface area contributed by atoms with Crippen molar-refractivity contribution < 1.29 is 15.0 Å². The van der Waals surface area contributed by atoms with Gasteiger partial charge in [-0.25, -0.2) is 0 Å². The third-order valence-electron chi connectivity index (χ3n) is 4.18. The molecule has 0 spiro atoms. The SMILES string of the molecule is CCC(O)(CC)C1(C(=O)O)CCCCC1. The summed E-state index contributed by atoms with van der Waals surface area (Å²) in [5, 5.41) is 19.9. The minimum atomic E-state index is -1.03. The lowest BCUT2D eigenvalue weighted by molar-refractivity contribution is -0.177. The average Bonchev–Trinajstić information content (AvgIpc) is 2.28. The van der Waals surface area contributed by atoms with Gasteiger partial charge in [0.1, 0.15) is 0 Å². The Morgan fingerprint density at radius 3 is 2.00 bits per heavy atom. The van der Waals surface area contributed by atoms with Crippen molar-refractivity contribution in [2.24, 2.45) is 5.41 Å². The fraction of sp³-hybridized carbons (Fsp3) is 0.917. The quantitative estimate of drug-likeness (QED) is 0.756. The van der Waals surface area contributed by atoms with Gasteiger partial charge in [-0.1, -0.05) is 33.1 Å². The van der Waals surface area contributed by atoms with Crippen LogP contribution in [0.3, 0.4) is 0 Å². The van der Waals surface area contributed by atoms with Crippen LogP contribution in [0.5, 0.6) is 0 Å². The van der Waals surface area contributed by atoms with Gasteiger partial charge in [0.15, 0.2) is 0 Å².